The van der Waals surface area contributed by atoms with Crippen molar-refractivity contribution in [2.75, 3.05) is 18.2 Å². The van der Waals surface area contributed by atoms with Gasteiger partial charge in [0.2, 0.25) is 11.8 Å². The molecule has 0 spiro atoms. The lowest BCUT2D eigenvalue weighted by molar-refractivity contribution is -0.139. The number of hydrogen-bond donors (Lipinski definition) is 2. The third-order valence-corrected chi connectivity index (χ3v) is 11.2. The van der Waals surface area contributed by atoms with E-state index >= 15 is 0 Å². The van der Waals surface area contributed by atoms with Gasteiger partial charge in [0, 0.05) is 102 Å². The Morgan fingerprint density at radius 2 is 1.02 bits per heavy atom. The summed E-state index contributed by atoms with van der Waals surface area (Å²) in [6.45, 7) is 0.303. The van der Waals surface area contributed by atoms with Crippen LogP contribution in [0, 0.1) is 0 Å². The second-order valence-electron chi connectivity index (χ2n) is 6.52. The molecule has 0 bridgehead atoms. The highest BCUT2D eigenvalue weighted by atomic mass is 128. The fourth-order valence-corrected chi connectivity index (χ4v) is 4.03. The van der Waals surface area contributed by atoms with Gasteiger partial charge in [-0.15, -0.1) is 0 Å². The van der Waals surface area contributed by atoms with Crippen molar-refractivity contribution in [1.29, 1.82) is 0 Å². The lowest BCUT2D eigenvalue weighted by atomic mass is 10.3. The van der Waals surface area contributed by atoms with Crippen LogP contribution >= 0.6 is 116 Å². The van der Waals surface area contributed by atoms with Crippen LogP contribution in [-0.2, 0) is 52.4 Å². The quantitative estimate of drug-likeness (QED) is 0.0970. The number of carbonyl (C=O) groups is 6. The van der Waals surface area contributed by atoms with Crippen LogP contribution in [-0.4, -0.2) is 72.8 Å². The Kier molecular flexibility index (Phi) is 25.4. The van der Waals surface area contributed by atoms with E-state index in [1.807, 2.05) is 21.6 Å². The summed E-state index contributed by atoms with van der Waals surface area (Å²) in [6, 6.07) is 0. The zero-order chi connectivity index (χ0) is 29.2. The molecule has 5 heterocycles. The maximum absolute atomic E-state index is 11.3. The Hall–Kier alpha value is 1.30. The largest absolute Gasteiger partial charge is 0.334 e. The van der Waals surface area contributed by atoms with Crippen molar-refractivity contribution in [2.45, 2.75) is 29.7 Å². The van der Waals surface area contributed by atoms with E-state index in [4.69, 9.17) is 0 Å². The summed E-state index contributed by atoms with van der Waals surface area (Å²) in [4.78, 5) is 69.1. The average molecular weight is 963 g/mol. The van der Waals surface area contributed by atoms with E-state index in [0.29, 0.717) is 0 Å². The summed E-state index contributed by atoms with van der Waals surface area (Å²) in [6.07, 6.45) is 5.19. The third-order valence-electron chi connectivity index (χ3n) is 4.02. The molecule has 5 aliphatic heterocycles. The average Bonchev–Trinajstić information content (AvgIpc) is 3.78. The van der Waals surface area contributed by atoms with E-state index in [2.05, 4.69) is 71.5 Å². The molecule has 0 aliphatic carbocycles. The first-order valence-electron chi connectivity index (χ1n) is 10.1. The van der Waals surface area contributed by atoms with E-state index in [1.165, 1.54) is 29.4 Å². The number of amides is 6. The second-order valence-corrected chi connectivity index (χ2v) is 19.2. The normalized spacial score (nSPS) is 17.8. The van der Waals surface area contributed by atoms with Gasteiger partial charge in [-0.05, 0) is 23.6 Å². The molecule has 0 saturated carbocycles. The maximum atomic E-state index is 11.3. The summed E-state index contributed by atoms with van der Waals surface area (Å²) in [5.41, 5.74) is 0. The molecule has 5 rings (SSSR count). The molecule has 10 nitrogen and oxygen atoms in total. The molecule has 0 radical (unpaired) electrons. The van der Waals surface area contributed by atoms with Crippen LogP contribution in [0.4, 0.5) is 0 Å². The van der Waals surface area contributed by atoms with Gasteiger partial charge in [0.05, 0.1) is 5.08 Å². The van der Waals surface area contributed by atoms with Crippen molar-refractivity contribution in [2.24, 2.45) is 0 Å². The zero-order valence-electron chi connectivity index (χ0n) is 19.3. The topological polar surface area (TPSA) is 133 Å². The fraction of sp³-hybridized carbons (Fsp3) is 0.444. The maximum Gasteiger partial charge on any atom is 0.253 e. The van der Waals surface area contributed by atoms with E-state index in [9.17, 15) is 28.8 Å². The Balaban J connectivity index is 0.000000574. The minimum Gasteiger partial charge on any atom is -0.334 e. The number of halogens is 2. The number of hydrogen-bond acceptors (Lipinski definition) is 14. The zero-order valence-corrected chi connectivity index (χ0v) is 31.9. The van der Waals surface area contributed by atoms with E-state index in [-0.39, 0.29) is 78.2 Å². The van der Waals surface area contributed by atoms with Crippen molar-refractivity contribution in [3.05, 3.63) is 24.3 Å². The molecule has 3 fully saturated rings. The predicted octanol–water partition coefficient (Wildman–Crippen LogP) is 5.66. The van der Waals surface area contributed by atoms with Gasteiger partial charge in [0.15, 0.2) is 0 Å². The van der Waals surface area contributed by atoms with Gasteiger partial charge in [-0.1, -0.05) is 72.2 Å². The Morgan fingerprint density at radius 1 is 0.750 bits per heavy atom. The highest BCUT2D eigenvalue weighted by molar-refractivity contribution is 15.0. The Labute approximate surface area is 292 Å². The lowest BCUT2D eigenvalue weighted by Crippen LogP contribution is -2.34. The minimum atomic E-state index is -0.344. The molecule has 22 heteroatoms. The highest BCUT2D eigenvalue weighted by Crippen LogP contribution is 2.51. The molecular weight excluding hydrogens is 941 g/mol. The Morgan fingerprint density at radius 3 is 1.23 bits per heavy atom. The summed E-state index contributed by atoms with van der Waals surface area (Å²) < 4.78 is 0.307. The molecule has 0 aromatic heterocycles. The first-order valence-corrected chi connectivity index (χ1v) is 27.9. The van der Waals surface area contributed by atoms with Gasteiger partial charge in [0.1, 0.15) is 9.41 Å². The van der Waals surface area contributed by atoms with Gasteiger partial charge < -0.3 is 10.6 Å². The first kappa shape index (κ1) is 41.3. The molecule has 3 saturated heterocycles. The number of rotatable bonds is 9. The summed E-state index contributed by atoms with van der Waals surface area (Å²) >= 11 is 13.1. The predicted molar refractivity (Wildman–Crippen MR) is 199 cm³/mol. The van der Waals surface area contributed by atoms with E-state index < -0.39 is 0 Å². The van der Waals surface area contributed by atoms with E-state index in [1.54, 1.807) is 43.2 Å². The molecule has 0 aromatic rings. The molecule has 0 aromatic carbocycles. The van der Waals surface area contributed by atoms with Crippen molar-refractivity contribution >= 4 is 175 Å². The van der Waals surface area contributed by atoms with Gasteiger partial charge >= 0.3 is 0 Å². The molecule has 0 unspecified atom stereocenters. The van der Waals surface area contributed by atoms with Crippen LogP contribution in [0.3, 0.4) is 0 Å². The van der Waals surface area contributed by atoms with Crippen molar-refractivity contribution in [1.82, 2.24) is 20.4 Å². The number of nitrogens with one attached hydrogen (secondary N) is 2. The van der Waals surface area contributed by atoms with Gasteiger partial charge in [0.25, 0.3) is 23.6 Å². The van der Waals surface area contributed by atoms with Crippen molar-refractivity contribution in [3.63, 3.8) is 0 Å². The molecule has 0 atom stereocenters. The smallest absolute Gasteiger partial charge is 0.253 e. The number of nitrogens with zero attached hydrogens (tertiary/aromatic N) is 2. The number of carbonyl (C=O) groups excluding carboxylic acids is 6. The fourth-order valence-electron chi connectivity index (χ4n) is 2.29. The molecular formula is C18H22I2N4O6P2S8. The van der Waals surface area contributed by atoms with Crippen LogP contribution in [0.15, 0.2) is 24.3 Å². The van der Waals surface area contributed by atoms with Crippen molar-refractivity contribution in [3.8, 4) is 0 Å². The van der Waals surface area contributed by atoms with Gasteiger partial charge in [-0.3, -0.25) is 38.6 Å². The van der Waals surface area contributed by atoms with Crippen LogP contribution < -0.4 is 10.6 Å². The summed E-state index contributed by atoms with van der Waals surface area (Å²) in [5.74, 6) is -1.65. The molecule has 222 valence electrons. The SMILES string of the molecule is C.C1SS1.II.O=C(CCN1C(=O)C=CC1=O)NC1SS1.O=C(CCN1C(=O)C=CC1=O)NC1SS1.S=PP=S. The monoisotopic (exact) mass is 962 g/mol. The molecule has 6 amide bonds. The van der Waals surface area contributed by atoms with Crippen LogP contribution in [0.5, 0.6) is 0 Å². The van der Waals surface area contributed by atoms with Crippen LogP contribution in [0.2, 0.25) is 0 Å². The molecule has 40 heavy (non-hydrogen) atoms. The van der Waals surface area contributed by atoms with E-state index in [0.717, 1.165) is 23.9 Å². The summed E-state index contributed by atoms with van der Waals surface area (Å²) in [7, 11) is 11.9. The number of imide groups is 2. The van der Waals surface area contributed by atoms with Crippen molar-refractivity contribution < 1.29 is 28.8 Å². The van der Waals surface area contributed by atoms with Crippen LogP contribution in [0.25, 0.3) is 0 Å². The van der Waals surface area contributed by atoms with Gasteiger partial charge in [-0.2, -0.15) is 0 Å². The van der Waals surface area contributed by atoms with Gasteiger partial charge in [-0.25, -0.2) is 0 Å². The van der Waals surface area contributed by atoms with Crippen LogP contribution in [0.1, 0.15) is 20.3 Å². The first-order chi connectivity index (χ1) is 18.7. The standard InChI is InChI=1S/2C8H8N2O3S2.CH2S2.CH4.I2.P2S2/c2*11-5(9-8-14-15-8)3-4-10-6(12)1-2-7(10)13;1-2-3-1;;1-2;3-1-2-4/h2*1-2,8H,3-4H2,(H,9,11);1H2;1H4;;. The third kappa shape index (κ3) is 20.3. The summed E-state index contributed by atoms with van der Waals surface area (Å²) in [5, 5.41) is 6.78. The molecule has 2 N–H and O–H groups in total. The molecule has 5 aliphatic rings. The highest BCUT2D eigenvalue weighted by Gasteiger charge is 2.29. The minimum absolute atomic E-state index is 0. The lowest BCUT2D eigenvalue weighted by Gasteiger charge is -2.12. The second kappa shape index (κ2) is 24.6. The Bertz CT molecular complexity index is 893.